The molecule has 2 aromatic rings. The molecule has 4 nitrogen and oxygen atoms in total. The summed E-state index contributed by atoms with van der Waals surface area (Å²) in [7, 11) is 1.54. The number of benzene rings is 1. The van der Waals surface area contributed by atoms with Gasteiger partial charge < -0.3 is 9.72 Å². The quantitative estimate of drug-likeness (QED) is 0.615. The molecule has 0 fully saturated rings. The van der Waals surface area contributed by atoms with Gasteiger partial charge in [-0.1, -0.05) is 12.1 Å². The van der Waals surface area contributed by atoms with E-state index in [-0.39, 0.29) is 0 Å². The highest BCUT2D eigenvalue weighted by Gasteiger charge is 2.10. The molecular weight excluding hydrogens is 202 g/mol. The zero-order valence-corrected chi connectivity index (χ0v) is 9.11. The Morgan fingerprint density at radius 1 is 1.44 bits per heavy atom. The second kappa shape index (κ2) is 4.07. The minimum atomic E-state index is 0.429. The molecule has 1 heterocycles. The van der Waals surface area contributed by atoms with Gasteiger partial charge in [0.2, 0.25) is 0 Å². The first-order valence-electron chi connectivity index (χ1n) is 4.86. The van der Waals surface area contributed by atoms with Crippen molar-refractivity contribution < 1.29 is 4.74 Å². The van der Waals surface area contributed by atoms with Gasteiger partial charge in [-0.15, -0.1) is 0 Å². The number of hydrogen-bond acceptors (Lipinski definition) is 3. The number of hydrogen-bond donors (Lipinski definition) is 1. The normalized spacial score (nSPS) is 12.1. The Kier molecular flexibility index (Phi) is 2.61. The number of para-hydroxylation sites is 2. The molecule has 1 aromatic carbocycles. The van der Waals surface area contributed by atoms with Crippen molar-refractivity contribution in [1.82, 2.24) is 9.97 Å². The lowest BCUT2D eigenvalue weighted by Gasteiger charge is -2.00. The molecule has 0 amide bonds. The molecule has 2 rings (SSSR count). The van der Waals surface area contributed by atoms with Crippen molar-refractivity contribution in [3.8, 4) is 6.07 Å². The van der Waals surface area contributed by atoms with Gasteiger partial charge >= 0.3 is 0 Å². The average Bonchev–Trinajstić information content (AvgIpc) is 2.72. The molecular formula is C12H11N3O. The van der Waals surface area contributed by atoms with Gasteiger partial charge in [0.25, 0.3) is 0 Å². The first-order valence-corrected chi connectivity index (χ1v) is 4.86. The molecule has 0 spiro atoms. The number of aromatic amines is 1. The lowest BCUT2D eigenvalue weighted by molar-refractivity contribution is 0.296. The van der Waals surface area contributed by atoms with E-state index in [1.807, 2.05) is 24.3 Å². The fraction of sp³-hybridized carbons (Fsp3) is 0.167. The summed E-state index contributed by atoms with van der Waals surface area (Å²) < 4.78 is 5.05. The van der Waals surface area contributed by atoms with Gasteiger partial charge in [-0.05, 0) is 19.1 Å². The maximum atomic E-state index is 9.06. The van der Waals surface area contributed by atoms with E-state index in [1.54, 1.807) is 6.92 Å². The molecule has 16 heavy (non-hydrogen) atoms. The van der Waals surface area contributed by atoms with Crippen LogP contribution in [0, 0.1) is 11.3 Å². The Balaban J connectivity index is 2.60. The summed E-state index contributed by atoms with van der Waals surface area (Å²) in [6, 6.07) is 9.73. The van der Waals surface area contributed by atoms with Crippen LogP contribution in [0.15, 0.2) is 30.0 Å². The number of fused-ring (bicyclic) bond motifs is 1. The number of methoxy groups -OCH3 is 1. The van der Waals surface area contributed by atoms with Crippen LogP contribution in [0.4, 0.5) is 0 Å². The molecule has 0 unspecified atom stereocenters. The standard InChI is InChI=1S/C12H11N3O/c1-8(16-2)9(7-13)12-14-10-5-3-4-6-11(10)15-12/h3-6H,1-2H3,(H,14,15)/b9-8+. The predicted molar refractivity (Wildman–Crippen MR) is 61.3 cm³/mol. The molecule has 0 aliphatic heterocycles. The SMILES string of the molecule is CO/C(C)=C(\C#N)c1nc2ccccc2[nH]1. The monoisotopic (exact) mass is 213 g/mol. The third kappa shape index (κ3) is 1.63. The molecule has 0 atom stereocenters. The highest BCUT2D eigenvalue weighted by molar-refractivity contribution is 5.82. The fourth-order valence-corrected chi connectivity index (χ4v) is 1.47. The average molecular weight is 213 g/mol. The number of allylic oxidation sites excluding steroid dienone is 2. The Bertz CT molecular complexity index is 557. The Morgan fingerprint density at radius 2 is 2.19 bits per heavy atom. The number of rotatable bonds is 2. The summed E-state index contributed by atoms with van der Waals surface area (Å²) in [5.74, 6) is 1.10. The molecule has 1 aromatic heterocycles. The van der Waals surface area contributed by atoms with Crippen molar-refractivity contribution in [2.24, 2.45) is 0 Å². The number of nitrogens with zero attached hydrogens (tertiary/aromatic N) is 2. The summed E-state index contributed by atoms with van der Waals surface area (Å²) in [6.07, 6.45) is 0. The van der Waals surface area contributed by atoms with Gasteiger partial charge in [-0.25, -0.2) is 4.98 Å². The van der Waals surface area contributed by atoms with Gasteiger partial charge in [-0.2, -0.15) is 5.26 Å². The molecule has 0 saturated heterocycles. The van der Waals surface area contributed by atoms with E-state index in [9.17, 15) is 0 Å². The Labute approximate surface area is 93.2 Å². The molecule has 0 radical (unpaired) electrons. The van der Waals surface area contributed by atoms with E-state index >= 15 is 0 Å². The Hall–Kier alpha value is -2.28. The van der Waals surface area contributed by atoms with E-state index in [2.05, 4.69) is 16.0 Å². The Morgan fingerprint density at radius 3 is 2.81 bits per heavy atom. The van der Waals surface area contributed by atoms with Crippen molar-refractivity contribution >= 4 is 16.6 Å². The lowest BCUT2D eigenvalue weighted by Crippen LogP contribution is -1.91. The zero-order chi connectivity index (χ0) is 11.5. The highest BCUT2D eigenvalue weighted by atomic mass is 16.5. The number of imidazole rings is 1. The van der Waals surface area contributed by atoms with E-state index in [0.29, 0.717) is 17.2 Å². The summed E-state index contributed by atoms with van der Waals surface area (Å²) in [5, 5.41) is 9.06. The minimum absolute atomic E-state index is 0.429. The molecule has 80 valence electrons. The molecule has 4 heteroatoms. The second-order valence-electron chi connectivity index (χ2n) is 3.35. The molecule has 0 saturated carbocycles. The minimum Gasteiger partial charge on any atom is -0.500 e. The molecule has 0 aliphatic rings. The molecule has 0 bridgehead atoms. The number of nitrogens with one attached hydrogen (secondary N) is 1. The maximum absolute atomic E-state index is 9.06. The summed E-state index contributed by atoms with van der Waals surface area (Å²) >= 11 is 0. The van der Waals surface area contributed by atoms with Crippen LogP contribution in [-0.4, -0.2) is 17.1 Å². The summed E-state index contributed by atoms with van der Waals surface area (Å²) in [6.45, 7) is 1.74. The first-order chi connectivity index (χ1) is 7.76. The van der Waals surface area contributed by atoms with Crippen molar-refractivity contribution in [3.63, 3.8) is 0 Å². The van der Waals surface area contributed by atoms with Crippen LogP contribution in [0.25, 0.3) is 16.6 Å². The zero-order valence-electron chi connectivity index (χ0n) is 9.11. The van der Waals surface area contributed by atoms with Gasteiger partial charge in [0.05, 0.1) is 18.1 Å². The third-order valence-corrected chi connectivity index (χ3v) is 2.40. The number of nitriles is 1. The molecule has 1 N–H and O–H groups in total. The molecule has 0 aliphatic carbocycles. The second-order valence-corrected chi connectivity index (χ2v) is 3.35. The smallest absolute Gasteiger partial charge is 0.152 e. The maximum Gasteiger partial charge on any atom is 0.152 e. The van der Waals surface area contributed by atoms with E-state index in [4.69, 9.17) is 10.00 Å². The number of ether oxygens (including phenoxy) is 1. The largest absolute Gasteiger partial charge is 0.500 e. The van der Waals surface area contributed by atoms with Crippen LogP contribution in [0.1, 0.15) is 12.7 Å². The fourth-order valence-electron chi connectivity index (χ4n) is 1.47. The van der Waals surface area contributed by atoms with E-state index < -0.39 is 0 Å². The van der Waals surface area contributed by atoms with Crippen LogP contribution in [0.2, 0.25) is 0 Å². The summed E-state index contributed by atoms with van der Waals surface area (Å²) in [4.78, 5) is 7.43. The van der Waals surface area contributed by atoms with Gasteiger partial charge in [0.1, 0.15) is 17.4 Å². The van der Waals surface area contributed by atoms with Crippen molar-refractivity contribution in [1.29, 1.82) is 5.26 Å². The van der Waals surface area contributed by atoms with Crippen LogP contribution in [0.3, 0.4) is 0 Å². The predicted octanol–water partition coefficient (Wildman–Crippen LogP) is 2.46. The van der Waals surface area contributed by atoms with Crippen LogP contribution in [0.5, 0.6) is 0 Å². The summed E-state index contributed by atoms with van der Waals surface area (Å²) in [5.41, 5.74) is 2.18. The van der Waals surface area contributed by atoms with E-state index in [0.717, 1.165) is 11.0 Å². The van der Waals surface area contributed by atoms with Crippen LogP contribution < -0.4 is 0 Å². The van der Waals surface area contributed by atoms with Gasteiger partial charge in [-0.3, -0.25) is 0 Å². The van der Waals surface area contributed by atoms with Crippen molar-refractivity contribution in [3.05, 3.63) is 35.8 Å². The van der Waals surface area contributed by atoms with Crippen LogP contribution >= 0.6 is 0 Å². The lowest BCUT2D eigenvalue weighted by atomic mass is 10.2. The highest BCUT2D eigenvalue weighted by Crippen LogP contribution is 2.19. The van der Waals surface area contributed by atoms with E-state index in [1.165, 1.54) is 7.11 Å². The van der Waals surface area contributed by atoms with Crippen molar-refractivity contribution in [2.45, 2.75) is 6.92 Å². The third-order valence-electron chi connectivity index (χ3n) is 2.40. The number of H-pyrrole nitrogens is 1. The first kappa shape index (κ1) is 10.2. The van der Waals surface area contributed by atoms with Crippen LogP contribution in [-0.2, 0) is 4.74 Å². The number of aromatic nitrogens is 2. The topological polar surface area (TPSA) is 61.7 Å². The van der Waals surface area contributed by atoms with Gasteiger partial charge in [0.15, 0.2) is 5.82 Å². The van der Waals surface area contributed by atoms with Gasteiger partial charge in [0, 0.05) is 0 Å². The van der Waals surface area contributed by atoms with Crippen molar-refractivity contribution in [2.75, 3.05) is 7.11 Å².